The van der Waals surface area contributed by atoms with Crippen LogP contribution >= 0.6 is 0 Å². The molecule has 0 N–H and O–H groups in total. The Morgan fingerprint density at radius 3 is 2.53 bits per heavy atom. The molecule has 0 bridgehead atoms. The Morgan fingerprint density at radius 1 is 0.933 bits per heavy atom. The van der Waals surface area contributed by atoms with Crippen LogP contribution in [0.2, 0.25) is 0 Å². The number of fused-ring (bicyclic) bond motifs is 3. The fourth-order valence-corrected chi connectivity index (χ4v) is 2.02. The van der Waals surface area contributed by atoms with E-state index < -0.39 is 0 Å². The van der Waals surface area contributed by atoms with E-state index in [1.165, 1.54) is 22.3 Å². The molecule has 0 saturated carbocycles. The zero-order valence-corrected chi connectivity index (χ0v) is 10.5. The van der Waals surface area contributed by atoms with Gasteiger partial charge in [0.15, 0.2) is 0 Å². The molecular weight excluding hydrogens is 216 g/mol. The van der Waals surface area contributed by atoms with Crippen molar-refractivity contribution in [3.8, 4) is 11.1 Å². The number of halogens is 1. The van der Waals surface area contributed by atoms with Crippen molar-refractivity contribution in [2.45, 2.75) is 6.42 Å². The molecule has 0 saturated heterocycles. The van der Waals surface area contributed by atoms with Crippen LogP contribution in [0.25, 0.3) is 11.1 Å². The molecule has 3 rings (SSSR count). The maximum Gasteiger partial charge on any atom is 2.00 e. The molecule has 70 valence electrons. The van der Waals surface area contributed by atoms with Crippen LogP contribution in [-0.4, -0.2) is 23.1 Å². The second-order valence-electron chi connectivity index (χ2n) is 3.42. The fraction of sp³-hybridized carbons (Fsp3) is 0.0769. The van der Waals surface area contributed by atoms with Crippen LogP contribution in [-0.2, 0) is 6.42 Å². The third kappa shape index (κ3) is 2.05. The molecule has 0 amide bonds. The average molecular weight is 225 g/mol. The van der Waals surface area contributed by atoms with Crippen LogP contribution in [0.3, 0.4) is 0 Å². The van der Waals surface area contributed by atoms with Gasteiger partial charge in [-0.3, -0.25) is 0 Å². The van der Waals surface area contributed by atoms with Gasteiger partial charge in [-0.25, -0.2) is 0 Å². The molecule has 0 atom stereocenters. The van der Waals surface area contributed by atoms with Gasteiger partial charge in [0, 0.05) is 0 Å². The van der Waals surface area contributed by atoms with E-state index in [1.54, 1.807) is 0 Å². The molecule has 0 unspecified atom stereocenters. The number of benzene rings is 2. The SMILES string of the molecule is [Cl-].[Mg+2].[c-]1ccc2c(c1)Cc1ccccc1-2. The first-order valence-corrected chi connectivity index (χ1v) is 4.52. The van der Waals surface area contributed by atoms with Gasteiger partial charge < -0.3 is 12.4 Å². The van der Waals surface area contributed by atoms with Gasteiger partial charge in [-0.1, -0.05) is 24.3 Å². The molecule has 2 aromatic rings. The van der Waals surface area contributed by atoms with Gasteiger partial charge in [0.2, 0.25) is 0 Å². The normalized spacial score (nSPS) is 10.7. The Kier molecular flexibility index (Phi) is 4.20. The van der Waals surface area contributed by atoms with Gasteiger partial charge in [0.05, 0.1) is 0 Å². The Bertz CT molecular complexity index is 422. The standard InChI is InChI=1S/C13H9.ClH.Mg/c1-3-7-12-10(5-1)9-11-6-2-4-8-13(11)12;;/h1,3-8H,9H2;1H;/q-1;;+2/p-1. The largest absolute Gasteiger partial charge is 2.00 e. The van der Waals surface area contributed by atoms with E-state index >= 15 is 0 Å². The van der Waals surface area contributed by atoms with Crippen LogP contribution in [0, 0.1) is 6.07 Å². The average Bonchev–Trinajstić information content (AvgIpc) is 2.56. The van der Waals surface area contributed by atoms with E-state index in [0.29, 0.717) is 0 Å². The van der Waals surface area contributed by atoms with Gasteiger partial charge >= 0.3 is 23.1 Å². The van der Waals surface area contributed by atoms with Gasteiger partial charge in [-0.2, -0.15) is 24.3 Å². The number of rotatable bonds is 0. The van der Waals surface area contributed by atoms with Crippen molar-refractivity contribution in [3.05, 3.63) is 59.7 Å². The summed E-state index contributed by atoms with van der Waals surface area (Å²) in [6.45, 7) is 0. The first-order chi connectivity index (χ1) is 6.45. The van der Waals surface area contributed by atoms with Crippen LogP contribution in [0.15, 0.2) is 42.5 Å². The molecule has 1 aliphatic carbocycles. The quantitative estimate of drug-likeness (QED) is 0.363. The van der Waals surface area contributed by atoms with Crippen molar-refractivity contribution >= 4 is 23.1 Å². The van der Waals surface area contributed by atoms with Crippen molar-refractivity contribution in [1.82, 2.24) is 0 Å². The van der Waals surface area contributed by atoms with Crippen molar-refractivity contribution in [2.75, 3.05) is 0 Å². The molecule has 0 heterocycles. The first kappa shape index (κ1) is 12.6. The van der Waals surface area contributed by atoms with Crippen LogP contribution in [0.1, 0.15) is 11.1 Å². The van der Waals surface area contributed by atoms with E-state index in [1.807, 2.05) is 6.07 Å². The maximum absolute atomic E-state index is 3.13. The Balaban J connectivity index is 0.000000562. The monoisotopic (exact) mass is 224 g/mol. The van der Waals surface area contributed by atoms with Gasteiger partial charge in [-0.05, 0) is 17.5 Å². The molecule has 0 aliphatic heterocycles. The van der Waals surface area contributed by atoms with Gasteiger partial charge in [0.1, 0.15) is 0 Å². The summed E-state index contributed by atoms with van der Waals surface area (Å²) in [6, 6.07) is 18.0. The third-order valence-corrected chi connectivity index (χ3v) is 2.64. The Morgan fingerprint density at radius 2 is 1.67 bits per heavy atom. The predicted octanol–water partition coefficient (Wildman–Crippen LogP) is -0.319. The Labute approximate surface area is 112 Å². The summed E-state index contributed by atoms with van der Waals surface area (Å²) in [7, 11) is 0. The van der Waals surface area contributed by atoms with Crippen molar-refractivity contribution in [3.63, 3.8) is 0 Å². The van der Waals surface area contributed by atoms with Crippen LogP contribution in [0.5, 0.6) is 0 Å². The molecule has 1 aliphatic rings. The zero-order valence-electron chi connectivity index (χ0n) is 8.33. The van der Waals surface area contributed by atoms with Crippen molar-refractivity contribution in [2.24, 2.45) is 0 Å². The summed E-state index contributed by atoms with van der Waals surface area (Å²) in [6.07, 6.45) is 1.07. The molecule has 0 nitrogen and oxygen atoms in total. The van der Waals surface area contributed by atoms with Gasteiger partial charge in [0.25, 0.3) is 0 Å². The van der Waals surface area contributed by atoms with E-state index in [0.717, 1.165) is 6.42 Å². The minimum absolute atomic E-state index is 0. The minimum Gasteiger partial charge on any atom is -1.00 e. The van der Waals surface area contributed by atoms with Crippen LogP contribution in [0.4, 0.5) is 0 Å². The Hall–Kier alpha value is -0.504. The third-order valence-electron chi connectivity index (χ3n) is 2.64. The molecule has 0 radical (unpaired) electrons. The maximum atomic E-state index is 3.13. The fourth-order valence-electron chi connectivity index (χ4n) is 2.02. The second kappa shape index (κ2) is 5.02. The van der Waals surface area contributed by atoms with Crippen molar-refractivity contribution in [1.29, 1.82) is 0 Å². The molecule has 15 heavy (non-hydrogen) atoms. The second-order valence-corrected chi connectivity index (χ2v) is 3.42. The van der Waals surface area contributed by atoms with Gasteiger partial charge in [-0.15, -0.1) is 11.1 Å². The summed E-state index contributed by atoms with van der Waals surface area (Å²) < 4.78 is 0. The van der Waals surface area contributed by atoms with Crippen molar-refractivity contribution < 1.29 is 12.4 Å². The van der Waals surface area contributed by atoms with E-state index in [-0.39, 0.29) is 35.5 Å². The smallest absolute Gasteiger partial charge is 1.00 e. The molecule has 2 aromatic carbocycles. The summed E-state index contributed by atoms with van der Waals surface area (Å²) in [5.41, 5.74) is 5.63. The first-order valence-electron chi connectivity index (χ1n) is 4.52. The number of hydrogen-bond donors (Lipinski definition) is 0. The number of hydrogen-bond acceptors (Lipinski definition) is 0. The summed E-state index contributed by atoms with van der Waals surface area (Å²) >= 11 is 0. The van der Waals surface area contributed by atoms with E-state index in [9.17, 15) is 0 Å². The minimum atomic E-state index is 0. The summed E-state index contributed by atoms with van der Waals surface area (Å²) in [5.74, 6) is 0. The predicted molar refractivity (Wildman–Crippen MR) is 59.3 cm³/mol. The van der Waals surface area contributed by atoms with Crippen LogP contribution < -0.4 is 12.4 Å². The summed E-state index contributed by atoms with van der Waals surface area (Å²) in [4.78, 5) is 0. The topological polar surface area (TPSA) is 0 Å². The molecule has 2 heteroatoms. The molecule has 0 fully saturated rings. The molecule has 0 spiro atoms. The summed E-state index contributed by atoms with van der Waals surface area (Å²) in [5, 5.41) is 0. The zero-order chi connectivity index (χ0) is 8.67. The molecular formula is C13H9ClMg. The van der Waals surface area contributed by atoms with E-state index in [4.69, 9.17) is 0 Å². The molecule has 0 aromatic heterocycles. The van der Waals surface area contributed by atoms with E-state index in [2.05, 4.69) is 42.5 Å².